The van der Waals surface area contributed by atoms with Gasteiger partial charge >= 0.3 is 40.1 Å². The summed E-state index contributed by atoms with van der Waals surface area (Å²) in [5.74, 6) is -3.63. The minimum Gasteiger partial charge on any atom is -2.00 e. The van der Waals surface area contributed by atoms with Crippen molar-refractivity contribution in [2.24, 2.45) is 5.41 Å². The topological polar surface area (TPSA) is 443 Å². The van der Waals surface area contributed by atoms with Crippen LogP contribution in [0, 0.1) is 29.5 Å². The van der Waals surface area contributed by atoms with Crippen molar-refractivity contribution in [3.8, 4) is 11.5 Å². The normalized spacial score (nSPS) is 11.2. The number of nitrogens with zero attached hydrogens (tertiary/aromatic N) is 6. The number of carboxylic acids is 3. The van der Waals surface area contributed by atoms with Gasteiger partial charge in [0.15, 0.2) is 0 Å². The molecule has 25 nitrogen and oxygen atoms in total. The van der Waals surface area contributed by atoms with Crippen LogP contribution in [0.5, 0.6) is 11.5 Å². The van der Waals surface area contributed by atoms with E-state index in [1.807, 2.05) is 111 Å². The fraction of sp³-hybridized carbons (Fsp3) is 0.429. The van der Waals surface area contributed by atoms with Crippen molar-refractivity contribution in [2.45, 2.75) is 153 Å². The van der Waals surface area contributed by atoms with Gasteiger partial charge in [0.2, 0.25) is 0 Å². The zero-order valence-corrected chi connectivity index (χ0v) is 56.3. The van der Waals surface area contributed by atoms with Crippen molar-refractivity contribution in [3.63, 3.8) is 0 Å². The van der Waals surface area contributed by atoms with Gasteiger partial charge < -0.3 is 70.9 Å². The Kier molecular flexibility index (Phi) is 47.2. The number of pyridine rings is 4. The second-order valence-corrected chi connectivity index (χ2v) is 22.8. The zero-order chi connectivity index (χ0) is 64.6. The van der Waals surface area contributed by atoms with E-state index in [1.54, 1.807) is 55.4 Å². The van der Waals surface area contributed by atoms with Gasteiger partial charge in [-0.15, -0.1) is 10.2 Å². The quantitative estimate of drug-likeness (QED) is 0.0312. The predicted molar refractivity (Wildman–Crippen MR) is 307 cm³/mol. The van der Waals surface area contributed by atoms with Crippen LogP contribution in [0.1, 0.15) is 131 Å². The van der Waals surface area contributed by atoms with Crippen LogP contribution < -0.4 is 54.0 Å². The van der Waals surface area contributed by atoms with Crippen LogP contribution in [-0.4, -0.2) is 96.3 Å². The number of esters is 1. The number of aromatic nitrogens is 4. The maximum Gasteiger partial charge on any atom is 3.00 e. The first-order valence-electron chi connectivity index (χ1n) is 28.0. The van der Waals surface area contributed by atoms with Gasteiger partial charge in [-0.1, -0.05) is 105 Å². The van der Waals surface area contributed by atoms with Gasteiger partial charge in [-0.2, -0.15) is 0 Å². The number of halogens is 1. The molecule has 6 rings (SSSR count). The minimum absolute atomic E-state index is 0. The van der Waals surface area contributed by atoms with E-state index in [0.717, 1.165) is 71.0 Å². The van der Waals surface area contributed by atoms with Crippen molar-refractivity contribution in [1.82, 2.24) is 29.7 Å². The van der Waals surface area contributed by atoms with E-state index in [1.165, 1.54) is 16.7 Å². The fourth-order valence-corrected chi connectivity index (χ4v) is 8.24. The molecule has 4 aromatic heterocycles. The Morgan fingerprint density at radius 3 is 1.09 bits per heavy atom. The van der Waals surface area contributed by atoms with Gasteiger partial charge in [0.05, 0.1) is 53.4 Å². The third-order valence-corrected chi connectivity index (χ3v) is 12.6. The molecule has 0 bridgehead atoms. The number of unbranched alkanes of at least 4 members (excludes halogenated alkanes) is 1. The first-order valence-corrected chi connectivity index (χ1v) is 29.3. The van der Waals surface area contributed by atoms with Crippen molar-refractivity contribution in [2.75, 3.05) is 19.7 Å². The smallest absolute Gasteiger partial charge is 2.00 e. The van der Waals surface area contributed by atoms with Crippen LogP contribution in [0.25, 0.3) is 0 Å². The molecular formula is C63H87ClFe2N8O17. The molecule has 6 aromatic rings. The second kappa shape index (κ2) is 47.3. The average Bonchev–Trinajstić information content (AvgIpc) is 1.10. The second-order valence-electron chi connectivity index (χ2n) is 22.1. The number of carboxylic acid groups (broad SMARTS) is 3. The summed E-state index contributed by atoms with van der Waals surface area (Å²) in [6.45, 7) is 24.4. The summed E-state index contributed by atoms with van der Waals surface area (Å²) in [5, 5.41) is 59.3. The molecule has 0 spiro atoms. The first-order chi connectivity index (χ1) is 40.3. The summed E-state index contributed by atoms with van der Waals surface area (Å²) in [5.41, 5.74) is 7.35. The van der Waals surface area contributed by atoms with E-state index in [-0.39, 0.29) is 94.2 Å². The van der Waals surface area contributed by atoms with E-state index in [0.29, 0.717) is 56.0 Å². The summed E-state index contributed by atoms with van der Waals surface area (Å²) >= 11 is 0. The Morgan fingerprint density at radius 1 is 0.549 bits per heavy atom. The molecule has 91 heavy (non-hydrogen) atoms. The number of hydrogen-bond donors (Lipinski definition) is 2. The number of rotatable bonds is 25. The number of carbonyl (C=O) groups excluding carboxylic acids is 4. The molecule has 504 valence electrons. The van der Waals surface area contributed by atoms with Crippen LogP contribution in [0.2, 0.25) is 0 Å². The van der Waals surface area contributed by atoms with Crippen molar-refractivity contribution >= 4 is 23.9 Å². The van der Waals surface area contributed by atoms with E-state index >= 15 is 0 Å². The number of quaternary nitrogens is 2. The van der Waals surface area contributed by atoms with Crippen LogP contribution >= 0.6 is 0 Å². The molecular weight excluding hydrogens is 1290 g/mol. The molecule has 0 saturated heterocycles. The van der Waals surface area contributed by atoms with Crippen molar-refractivity contribution in [1.29, 1.82) is 0 Å². The third-order valence-electron chi connectivity index (χ3n) is 12.6. The Hall–Kier alpha value is -6.59. The Balaban J connectivity index is -0.000000613. The van der Waals surface area contributed by atoms with Crippen LogP contribution in [-0.2, 0) is 116 Å². The molecule has 0 aliphatic carbocycles. The van der Waals surface area contributed by atoms with Gasteiger partial charge in [-0.25, -0.2) is 18.6 Å². The standard InChI is InChI=1S/2C26H32N4O3.C6H12O2.C5H10O2.ClHO4.2Fe.2H2O.O/c2*1-19(2)30(17-24-9-5-7-11-28-24)15-22-13-20(3)12-21(26(22)33)14-29(18-25(31)32)16-23-8-4-6-10-27-23;1-3-4-5-8-6(2)7;1-5(2,3)4(6)7;2-1(3,4)5;;;;;/h2*4-13,19,33H,14-18H2,1-3H3,(H,31,32);3-5H2,1-2H3;1-3H3,(H,6,7);(H,2,3,4,5);;;2*1H2;/q;;;;;2*+3;;;-2/p-4. The summed E-state index contributed by atoms with van der Waals surface area (Å²) < 4.78 is 38.6. The molecule has 2 radical (unpaired) electrons. The molecule has 2 unspecified atom stereocenters. The van der Waals surface area contributed by atoms with Gasteiger partial charge in [0.25, 0.3) is 0 Å². The largest absolute Gasteiger partial charge is 3.00 e. The monoisotopic (exact) mass is 1370 g/mol. The molecule has 0 saturated carbocycles. The number of nitrogens with one attached hydrogen (secondary N) is 2. The molecule has 4 heterocycles. The summed E-state index contributed by atoms with van der Waals surface area (Å²) in [6, 6.07) is 30.9. The zero-order valence-electron chi connectivity index (χ0n) is 53.3. The molecule has 28 heteroatoms. The Morgan fingerprint density at radius 2 is 0.846 bits per heavy atom. The predicted octanol–water partition coefficient (Wildman–Crippen LogP) is -4.19. The number of aryl methyl sites for hydroxylation is 2. The molecule has 6 N–H and O–H groups in total. The average molecular weight is 1380 g/mol. The summed E-state index contributed by atoms with van der Waals surface area (Å²) in [6.07, 6.45) is 8.95. The first kappa shape index (κ1) is 90.8. The van der Waals surface area contributed by atoms with Gasteiger partial charge in [-0.05, 0) is 119 Å². The number of ether oxygens (including phenoxy) is 1. The van der Waals surface area contributed by atoms with Crippen LogP contribution in [0.3, 0.4) is 0 Å². The van der Waals surface area contributed by atoms with Crippen molar-refractivity contribution in [3.05, 3.63) is 178 Å². The minimum atomic E-state index is -4.94. The van der Waals surface area contributed by atoms with Gasteiger partial charge in [0, 0.05) is 82.4 Å². The molecule has 0 aliphatic rings. The molecule has 2 atom stereocenters. The van der Waals surface area contributed by atoms with E-state index < -0.39 is 33.6 Å². The SMILES string of the molecule is CC(C)(C)C(=O)[O-].CCCCOC(C)=O.Cc1cc(CN(CC(=O)[O-])Cc2ccccn2)c([O-])c(C[NH+](Cc2ccccn2)C(C)C)c1.Cc1cc(CN(CC(=O)[O-])Cc2ccccn2)c([O-])c(C[NH+](Cc2ccccn2)C(C)C)c1.O.O.[Fe+3].[Fe+3].[O-2].[O-][Cl+3]([O-])([O-])[O-]. The maximum atomic E-state index is 13.4. The van der Waals surface area contributed by atoms with Crippen molar-refractivity contribution < 1.29 is 139 Å². The number of benzene rings is 2. The number of aliphatic carboxylic acids is 3. The van der Waals surface area contributed by atoms with Crippen LogP contribution in [0.4, 0.5) is 0 Å². The molecule has 2 aromatic carbocycles. The Bertz CT molecular complexity index is 2780. The number of carbonyl (C=O) groups is 4. The van der Waals surface area contributed by atoms with E-state index in [4.69, 9.17) is 18.6 Å². The molecule has 0 amide bonds. The summed E-state index contributed by atoms with van der Waals surface area (Å²) in [7, 11) is -4.94. The van der Waals surface area contributed by atoms with E-state index in [2.05, 4.69) is 59.3 Å². The fourth-order valence-electron chi connectivity index (χ4n) is 8.24. The van der Waals surface area contributed by atoms with Crippen LogP contribution in [0.15, 0.2) is 122 Å². The number of hydrogen-bond acceptors (Lipinski definition) is 20. The Labute approximate surface area is 557 Å². The summed E-state index contributed by atoms with van der Waals surface area (Å²) in [4.78, 5) is 66.0. The van der Waals surface area contributed by atoms with Gasteiger partial charge in [0.1, 0.15) is 26.2 Å². The third kappa shape index (κ3) is 40.8. The molecule has 0 aliphatic heterocycles. The van der Waals surface area contributed by atoms with Gasteiger partial charge in [-0.3, -0.25) is 34.5 Å². The maximum absolute atomic E-state index is 13.4. The molecule has 0 fully saturated rings. The van der Waals surface area contributed by atoms with E-state index in [9.17, 15) is 44.7 Å².